The number of carbonyl (C=O) groups is 3. The van der Waals surface area contributed by atoms with Crippen molar-refractivity contribution in [3.63, 3.8) is 0 Å². The van der Waals surface area contributed by atoms with E-state index in [1.54, 1.807) is 24.3 Å². The van der Waals surface area contributed by atoms with E-state index in [0.29, 0.717) is 17.1 Å². The largest absolute Gasteiger partial charge is 0.489 e. The van der Waals surface area contributed by atoms with Crippen LogP contribution in [0.1, 0.15) is 43.4 Å². The molecule has 47 heavy (non-hydrogen) atoms. The molecule has 1 amide bonds. The van der Waals surface area contributed by atoms with Crippen LogP contribution in [0.5, 0.6) is 5.75 Å². The highest BCUT2D eigenvalue weighted by Gasteiger charge is 2.54. The Kier molecular flexibility index (Phi) is 10.1. The third-order valence-electron chi connectivity index (χ3n) is 7.57. The van der Waals surface area contributed by atoms with E-state index in [1.807, 2.05) is 0 Å². The first-order valence-corrected chi connectivity index (χ1v) is 16.6. The maximum Gasteiger partial charge on any atom is 0.362 e. The van der Waals surface area contributed by atoms with Gasteiger partial charge >= 0.3 is 16.3 Å². The van der Waals surface area contributed by atoms with E-state index < -0.39 is 64.8 Å². The van der Waals surface area contributed by atoms with Gasteiger partial charge in [0.25, 0.3) is 6.10 Å². The predicted octanol–water partition coefficient (Wildman–Crippen LogP) is 0.507. The third kappa shape index (κ3) is 8.07. The maximum absolute atomic E-state index is 13.5. The van der Waals surface area contributed by atoms with Gasteiger partial charge in [-0.25, -0.2) is 19.1 Å². The molecular formula is C27H31N9O9S2. The SMILES string of the molecule is NC(=NC1CCCC1)c1ccc(OC[C@H](O/N=C(\C(=O)C[C@@H]2C(=O)N(S(=O)(=O)O)[C@@H]2Cn2cncn2)c2csc(N)n2)C(=O)O)cc1. The maximum atomic E-state index is 13.5. The number of amidine groups is 1. The number of hydrogen-bond donors (Lipinski definition) is 4. The van der Waals surface area contributed by atoms with Gasteiger partial charge in [0, 0.05) is 17.4 Å². The van der Waals surface area contributed by atoms with Crippen LogP contribution < -0.4 is 16.2 Å². The van der Waals surface area contributed by atoms with Gasteiger partial charge in [0.15, 0.2) is 16.6 Å². The van der Waals surface area contributed by atoms with Gasteiger partial charge in [0.05, 0.1) is 24.5 Å². The molecule has 0 unspecified atom stereocenters. The molecule has 1 saturated carbocycles. The number of benzene rings is 1. The molecule has 1 saturated heterocycles. The zero-order chi connectivity index (χ0) is 33.7. The molecule has 5 rings (SSSR count). The van der Waals surface area contributed by atoms with Crippen molar-refractivity contribution in [2.45, 2.75) is 56.8 Å². The number of aromatic nitrogens is 4. The lowest BCUT2D eigenvalue weighted by molar-refractivity contribution is -0.152. The Bertz CT molecular complexity index is 1770. The molecule has 3 atom stereocenters. The Morgan fingerprint density at radius 2 is 1.91 bits per heavy atom. The van der Waals surface area contributed by atoms with Crippen LogP contribution in [0.3, 0.4) is 0 Å². The van der Waals surface area contributed by atoms with Crippen molar-refractivity contribution in [3.8, 4) is 5.75 Å². The minimum Gasteiger partial charge on any atom is -0.489 e. The lowest BCUT2D eigenvalue weighted by atomic mass is 9.84. The number of ketones is 1. The zero-order valence-corrected chi connectivity index (χ0v) is 26.3. The summed E-state index contributed by atoms with van der Waals surface area (Å²) in [7, 11) is -4.94. The van der Waals surface area contributed by atoms with Crippen LogP contribution in [0.2, 0.25) is 0 Å². The number of ether oxygens (including phenoxy) is 1. The summed E-state index contributed by atoms with van der Waals surface area (Å²) in [5, 5.41) is 18.8. The topological polar surface area (TPSA) is 268 Å². The Morgan fingerprint density at radius 3 is 2.51 bits per heavy atom. The van der Waals surface area contributed by atoms with Crippen LogP contribution in [-0.2, 0) is 36.1 Å². The van der Waals surface area contributed by atoms with Crippen molar-refractivity contribution in [1.29, 1.82) is 0 Å². The smallest absolute Gasteiger partial charge is 0.362 e. The van der Waals surface area contributed by atoms with Gasteiger partial charge in [-0.15, -0.1) is 11.3 Å². The fourth-order valence-electron chi connectivity index (χ4n) is 5.20. The normalized spacial score (nSPS) is 19.8. The molecule has 0 spiro atoms. The first-order valence-electron chi connectivity index (χ1n) is 14.3. The van der Waals surface area contributed by atoms with Crippen molar-refractivity contribution >= 4 is 56.0 Å². The van der Waals surface area contributed by atoms with Gasteiger partial charge in [-0.3, -0.25) is 23.8 Å². The van der Waals surface area contributed by atoms with Crippen LogP contribution >= 0.6 is 11.3 Å². The molecule has 6 N–H and O–H groups in total. The fourth-order valence-corrected chi connectivity index (χ4v) is 6.66. The van der Waals surface area contributed by atoms with Crippen molar-refractivity contribution in [1.82, 2.24) is 24.1 Å². The average Bonchev–Trinajstić information content (AvgIpc) is 3.81. The van der Waals surface area contributed by atoms with E-state index in [4.69, 9.17) is 21.0 Å². The third-order valence-corrected chi connectivity index (χ3v) is 9.19. The van der Waals surface area contributed by atoms with Crippen molar-refractivity contribution in [2.24, 2.45) is 21.8 Å². The number of rotatable bonds is 15. The summed E-state index contributed by atoms with van der Waals surface area (Å²) in [5.41, 5.74) is 12.0. The molecule has 1 aromatic carbocycles. The predicted molar refractivity (Wildman–Crippen MR) is 166 cm³/mol. The van der Waals surface area contributed by atoms with Crippen LogP contribution in [0.4, 0.5) is 5.13 Å². The molecular weight excluding hydrogens is 658 g/mol. The number of anilines is 1. The van der Waals surface area contributed by atoms with Crippen LogP contribution in [-0.4, -0.2) is 96.1 Å². The van der Waals surface area contributed by atoms with Gasteiger partial charge in [0.2, 0.25) is 5.91 Å². The number of amides is 1. The summed E-state index contributed by atoms with van der Waals surface area (Å²) in [4.78, 5) is 55.7. The molecule has 2 aromatic heterocycles. The molecule has 250 valence electrons. The van der Waals surface area contributed by atoms with E-state index in [0.717, 1.165) is 37.0 Å². The van der Waals surface area contributed by atoms with Gasteiger partial charge < -0.3 is 26.1 Å². The number of aliphatic imine (C=N–C) groups is 1. The van der Waals surface area contributed by atoms with E-state index in [-0.39, 0.29) is 27.7 Å². The molecule has 3 aromatic rings. The molecule has 3 heterocycles. The standard InChI is InChI=1S/C27H31N9O9S2/c28-24(32-16-3-1-2-4-16)15-5-7-17(8-6-15)44-11-22(26(39)40)45-34-23(19-12-46-27(29)33-19)21(37)9-18-20(10-35-14-30-13-31-35)36(25(18)38)47(41,42)43/h5-8,12-14,16,18,20,22H,1-4,9-11H2,(H2,28,32)(H2,29,33)(H,39,40)(H,41,42,43)/b34-23-/t18-,20+,22-/m0/s1. The number of nitrogens with two attached hydrogens (primary N) is 2. The van der Waals surface area contributed by atoms with Crippen molar-refractivity contribution in [3.05, 3.63) is 53.6 Å². The fraction of sp³-hybridized carbons (Fsp3) is 0.407. The summed E-state index contributed by atoms with van der Waals surface area (Å²) < 4.78 is 40.4. The number of thiazole rings is 1. The summed E-state index contributed by atoms with van der Waals surface area (Å²) >= 11 is 0.970. The van der Waals surface area contributed by atoms with Crippen LogP contribution in [0, 0.1) is 5.92 Å². The number of nitrogen functional groups attached to an aromatic ring is 1. The van der Waals surface area contributed by atoms with Gasteiger partial charge in [-0.05, 0) is 37.1 Å². The highest BCUT2D eigenvalue weighted by atomic mass is 32.2. The second-order valence-corrected chi connectivity index (χ2v) is 12.9. The number of oxime groups is 1. The van der Waals surface area contributed by atoms with Gasteiger partial charge in [-0.2, -0.15) is 13.5 Å². The summed E-state index contributed by atoms with van der Waals surface area (Å²) in [6.07, 6.45) is 4.44. The number of β-lactam (4-membered cyclic amide) rings is 1. The Balaban J connectivity index is 1.28. The Labute approximate surface area is 272 Å². The first-order chi connectivity index (χ1) is 22.4. The van der Waals surface area contributed by atoms with Crippen molar-refractivity contribution < 1.29 is 42.0 Å². The number of aliphatic carboxylic acids is 1. The zero-order valence-electron chi connectivity index (χ0n) is 24.7. The number of carboxylic acid groups (broad SMARTS) is 1. The molecule has 0 radical (unpaired) electrons. The molecule has 0 bridgehead atoms. The van der Waals surface area contributed by atoms with Crippen LogP contribution in [0.25, 0.3) is 0 Å². The van der Waals surface area contributed by atoms with Crippen LogP contribution in [0.15, 0.2) is 52.4 Å². The minimum atomic E-state index is -4.94. The Morgan fingerprint density at radius 1 is 1.19 bits per heavy atom. The molecule has 18 nitrogen and oxygen atoms in total. The van der Waals surface area contributed by atoms with Gasteiger partial charge in [0.1, 0.15) is 36.5 Å². The molecule has 1 aliphatic carbocycles. The monoisotopic (exact) mass is 689 g/mol. The van der Waals surface area contributed by atoms with E-state index in [9.17, 15) is 32.5 Å². The van der Waals surface area contributed by atoms with Gasteiger partial charge in [-0.1, -0.05) is 18.0 Å². The average molecular weight is 690 g/mol. The highest BCUT2D eigenvalue weighted by molar-refractivity contribution is 7.84. The second kappa shape index (κ2) is 14.2. The molecule has 2 fully saturated rings. The van der Waals surface area contributed by atoms with E-state index in [2.05, 4.69) is 25.2 Å². The second-order valence-electron chi connectivity index (χ2n) is 10.8. The quantitative estimate of drug-likeness (QED) is 0.0557. The summed E-state index contributed by atoms with van der Waals surface area (Å²) in [6, 6.07) is 5.62. The number of hydrogen-bond acceptors (Lipinski definition) is 14. The molecule has 2 aliphatic rings. The lowest BCUT2D eigenvalue weighted by Gasteiger charge is -2.43. The number of carboxylic acids is 1. The van der Waals surface area contributed by atoms with Crippen molar-refractivity contribution in [2.75, 3.05) is 12.3 Å². The molecule has 1 aliphatic heterocycles. The van der Waals surface area contributed by atoms with E-state index >= 15 is 0 Å². The summed E-state index contributed by atoms with van der Waals surface area (Å²) in [6.45, 7) is -0.704. The summed E-state index contributed by atoms with van der Waals surface area (Å²) in [5.74, 6) is -3.80. The highest BCUT2D eigenvalue weighted by Crippen LogP contribution is 2.34. The minimum absolute atomic E-state index is 0.0544. The number of nitrogens with zero attached hydrogens (tertiary/aromatic N) is 7. The lowest BCUT2D eigenvalue weighted by Crippen LogP contribution is -2.64. The Hall–Kier alpha value is -4.95. The molecule has 20 heteroatoms. The number of carbonyl (C=O) groups excluding carboxylic acids is 2. The van der Waals surface area contributed by atoms with E-state index in [1.165, 1.54) is 22.7 Å². The first kappa shape index (κ1) is 33.4. The number of Topliss-reactive ketones (excluding diaryl/α,β-unsaturated/α-hetero) is 1.